The summed E-state index contributed by atoms with van der Waals surface area (Å²) >= 11 is 1.69. The van der Waals surface area contributed by atoms with Gasteiger partial charge in [0.15, 0.2) is 0 Å². The Morgan fingerprint density at radius 1 is 1.30 bits per heavy atom. The Morgan fingerprint density at radius 3 is 2.75 bits per heavy atom. The lowest BCUT2D eigenvalue weighted by atomic mass is 9.98. The zero-order valence-electron chi connectivity index (χ0n) is 12.0. The second kappa shape index (κ2) is 6.27. The number of aryl methyl sites for hydroxylation is 2. The summed E-state index contributed by atoms with van der Waals surface area (Å²) in [7, 11) is 0. The molecule has 1 aromatic rings. The van der Waals surface area contributed by atoms with Crippen LogP contribution in [-0.2, 0) is 12.8 Å². The minimum Gasteiger partial charge on any atom is -0.347 e. The number of carbonyl (C=O) groups is 1. The fourth-order valence-electron chi connectivity index (χ4n) is 3.57. The van der Waals surface area contributed by atoms with E-state index in [-0.39, 0.29) is 11.9 Å². The fourth-order valence-corrected chi connectivity index (χ4v) is 4.73. The number of nitrogens with two attached hydrogens (primary N) is 1. The van der Waals surface area contributed by atoms with E-state index in [2.05, 4.69) is 11.4 Å². The Kier molecular flexibility index (Phi) is 4.41. The van der Waals surface area contributed by atoms with E-state index in [9.17, 15) is 4.79 Å². The molecule has 4 heteroatoms. The summed E-state index contributed by atoms with van der Waals surface area (Å²) in [6.45, 7) is 0.557. The smallest absolute Gasteiger partial charge is 0.261 e. The van der Waals surface area contributed by atoms with Crippen molar-refractivity contribution < 1.29 is 4.79 Å². The summed E-state index contributed by atoms with van der Waals surface area (Å²) in [4.78, 5) is 14.7. The quantitative estimate of drug-likeness (QED) is 0.896. The molecule has 0 radical (unpaired) electrons. The van der Waals surface area contributed by atoms with Crippen LogP contribution in [0.15, 0.2) is 6.07 Å². The van der Waals surface area contributed by atoms with Gasteiger partial charge in [-0.2, -0.15) is 0 Å². The minimum absolute atomic E-state index is 0.0896. The zero-order valence-corrected chi connectivity index (χ0v) is 12.8. The Hall–Kier alpha value is -0.870. The van der Waals surface area contributed by atoms with E-state index >= 15 is 0 Å². The topological polar surface area (TPSA) is 55.1 Å². The number of carbonyl (C=O) groups excluding carboxylic acids is 1. The van der Waals surface area contributed by atoms with Crippen molar-refractivity contribution in [1.82, 2.24) is 5.32 Å². The van der Waals surface area contributed by atoms with Gasteiger partial charge in [-0.05, 0) is 56.1 Å². The summed E-state index contributed by atoms with van der Waals surface area (Å²) in [5.74, 6) is 0.672. The number of hydrogen-bond donors (Lipinski definition) is 2. The lowest BCUT2D eigenvalue weighted by Crippen LogP contribution is -2.44. The first-order valence-corrected chi connectivity index (χ1v) is 8.72. The molecule has 110 valence electrons. The SMILES string of the molecule is NCC(NC(=O)c1cc2c(s1)CCCC2)C1CCCC1. The molecule has 0 aromatic carbocycles. The molecule has 3 N–H and O–H groups in total. The van der Waals surface area contributed by atoms with Gasteiger partial charge >= 0.3 is 0 Å². The zero-order chi connectivity index (χ0) is 13.9. The van der Waals surface area contributed by atoms with E-state index in [4.69, 9.17) is 5.73 Å². The van der Waals surface area contributed by atoms with Crippen molar-refractivity contribution in [3.05, 3.63) is 21.4 Å². The van der Waals surface area contributed by atoms with Crippen LogP contribution in [0.25, 0.3) is 0 Å². The average molecular weight is 292 g/mol. The van der Waals surface area contributed by atoms with Crippen molar-refractivity contribution in [1.29, 1.82) is 0 Å². The van der Waals surface area contributed by atoms with Gasteiger partial charge < -0.3 is 11.1 Å². The Bertz CT molecular complexity index is 453. The van der Waals surface area contributed by atoms with Crippen LogP contribution >= 0.6 is 11.3 Å². The molecule has 1 heterocycles. The van der Waals surface area contributed by atoms with E-state index in [1.807, 2.05) is 0 Å². The first-order chi connectivity index (χ1) is 9.78. The highest BCUT2D eigenvalue weighted by Gasteiger charge is 2.26. The molecule has 1 unspecified atom stereocenters. The molecule has 0 saturated heterocycles. The number of fused-ring (bicyclic) bond motifs is 1. The van der Waals surface area contributed by atoms with Crippen LogP contribution < -0.4 is 11.1 Å². The van der Waals surface area contributed by atoms with Gasteiger partial charge in [0.05, 0.1) is 4.88 Å². The van der Waals surface area contributed by atoms with E-state index < -0.39 is 0 Å². The van der Waals surface area contributed by atoms with Crippen LogP contribution in [-0.4, -0.2) is 18.5 Å². The molecule has 1 fully saturated rings. The molecule has 2 aliphatic rings. The molecular formula is C16H24N2OS. The third kappa shape index (κ3) is 2.91. The number of rotatable bonds is 4. The maximum absolute atomic E-state index is 12.4. The largest absolute Gasteiger partial charge is 0.347 e. The number of thiophene rings is 1. The first-order valence-electron chi connectivity index (χ1n) is 7.90. The van der Waals surface area contributed by atoms with Crippen molar-refractivity contribution in [2.24, 2.45) is 11.7 Å². The molecule has 3 rings (SSSR count). The highest BCUT2D eigenvalue weighted by molar-refractivity contribution is 7.14. The van der Waals surface area contributed by atoms with Gasteiger partial charge in [0.2, 0.25) is 0 Å². The van der Waals surface area contributed by atoms with Crippen molar-refractivity contribution >= 4 is 17.2 Å². The molecule has 2 aliphatic carbocycles. The second-order valence-electron chi connectivity index (χ2n) is 6.13. The van der Waals surface area contributed by atoms with Crippen molar-refractivity contribution in [3.63, 3.8) is 0 Å². The van der Waals surface area contributed by atoms with E-state index in [1.54, 1.807) is 11.3 Å². The maximum Gasteiger partial charge on any atom is 0.261 e. The summed E-state index contributed by atoms with van der Waals surface area (Å²) in [6.07, 6.45) is 9.81. The lowest BCUT2D eigenvalue weighted by Gasteiger charge is -2.22. The normalized spacial score (nSPS) is 20.6. The fraction of sp³-hybridized carbons (Fsp3) is 0.688. The first kappa shape index (κ1) is 14.1. The van der Waals surface area contributed by atoms with Gasteiger partial charge in [-0.1, -0.05) is 12.8 Å². The third-order valence-electron chi connectivity index (χ3n) is 4.76. The van der Waals surface area contributed by atoms with Crippen LogP contribution in [0.1, 0.15) is 58.6 Å². The number of amides is 1. The molecule has 1 atom stereocenters. The summed E-state index contributed by atoms with van der Waals surface area (Å²) in [5, 5.41) is 3.18. The van der Waals surface area contributed by atoms with Gasteiger partial charge in [-0.25, -0.2) is 0 Å². The van der Waals surface area contributed by atoms with Crippen LogP contribution in [0, 0.1) is 5.92 Å². The predicted octanol–water partition coefficient (Wildman–Crippen LogP) is 2.87. The highest BCUT2D eigenvalue weighted by atomic mass is 32.1. The maximum atomic E-state index is 12.4. The van der Waals surface area contributed by atoms with Gasteiger partial charge in [-0.3, -0.25) is 4.79 Å². The third-order valence-corrected chi connectivity index (χ3v) is 6.00. The summed E-state index contributed by atoms with van der Waals surface area (Å²) in [5.41, 5.74) is 7.26. The van der Waals surface area contributed by atoms with Crippen molar-refractivity contribution in [3.8, 4) is 0 Å². The van der Waals surface area contributed by atoms with Gasteiger partial charge in [0, 0.05) is 17.5 Å². The standard InChI is InChI=1S/C16H24N2OS/c17-10-13(11-5-1-2-6-11)18-16(19)15-9-12-7-3-4-8-14(12)20-15/h9,11,13H,1-8,10,17H2,(H,18,19). The van der Waals surface area contributed by atoms with Gasteiger partial charge in [-0.15, -0.1) is 11.3 Å². The molecule has 0 bridgehead atoms. The van der Waals surface area contributed by atoms with E-state index in [0.717, 1.165) is 17.7 Å². The highest BCUT2D eigenvalue weighted by Crippen LogP contribution is 2.31. The van der Waals surface area contributed by atoms with Gasteiger partial charge in [0.1, 0.15) is 0 Å². The van der Waals surface area contributed by atoms with Crippen LogP contribution in [0.4, 0.5) is 0 Å². The Balaban J connectivity index is 1.67. The second-order valence-corrected chi connectivity index (χ2v) is 7.26. The van der Waals surface area contributed by atoms with Crippen LogP contribution in [0.5, 0.6) is 0 Å². The van der Waals surface area contributed by atoms with Crippen LogP contribution in [0.3, 0.4) is 0 Å². The van der Waals surface area contributed by atoms with Crippen molar-refractivity contribution in [2.75, 3.05) is 6.54 Å². The molecule has 3 nitrogen and oxygen atoms in total. The predicted molar refractivity (Wildman–Crippen MR) is 83.2 cm³/mol. The molecule has 1 aromatic heterocycles. The molecule has 1 saturated carbocycles. The summed E-state index contributed by atoms with van der Waals surface area (Å²) < 4.78 is 0. The molecule has 20 heavy (non-hydrogen) atoms. The summed E-state index contributed by atoms with van der Waals surface area (Å²) in [6, 6.07) is 2.26. The molecule has 0 spiro atoms. The lowest BCUT2D eigenvalue weighted by molar-refractivity contribution is 0.0928. The van der Waals surface area contributed by atoms with Crippen molar-refractivity contribution in [2.45, 2.75) is 57.4 Å². The van der Waals surface area contributed by atoms with Crippen LogP contribution in [0.2, 0.25) is 0 Å². The monoisotopic (exact) mass is 292 g/mol. The number of nitrogens with one attached hydrogen (secondary N) is 1. The molecular weight excluding hydrogens is 268 g/mol. The minimum atomic E-state index is 0.0896. The average Bonchev–Trinajstić information content (AvgIpc) is 3.13. The Morgan fingerprint density at radius 2 is 2.05 bits per heavy atom. The number of hydrogen-bond acceptors (Lipinski definition) is 3. The van der Waals surface area contributed by atoms with E-state index in [0.29, 0.717) is 12.5 Å². The molecule has 0 aliphatic heterocycles. The Labute approximate surface area is 124 Å². The van der Waals surface area contributed by atoms with E-state index in [1.165, 1.54) is 49.0 Å². The van der Waals surface area contributed by atoms with Gasteiger partial charge in [0.25, 0.3) is 5.91 Å². The molecule has 1 amide bonds.